The Morgan fingerprint density at radius 1 is 1.31 bits per heavy atom. The zero-order chi connectivity index (χ0) is 18.9. The highest BCUT2D eigenvalue weighted by atomic mass is 32.2. The number of hydrogen-bond acceptors (Lipinski definition) is 6. The van der Waals surface area contributed by atoms with Gasteiger partial charge in [0, 0.05) is 31.0 Å². The molecule has 0 spiro atoms. The third-order valence-electron chi connectivity index (χ3n) is 4.83. The van der Waals surface area contributed by atoms with E-state index in [-0.39, 0.29) is 17.9 Å². The molecule has 0 aromatic carbocycles. The highest BCUT2D eigenvalue weighted by Crippen LogP contribution is 2.35. The van der Waals surface area contributed by atoms with Crippen LogP contribution in [-0.2, 0) is 10.2 Å². The predicted molar refractivity (Wildman–Crippen MR) is 97.1 cm³/mol. The Morgan fingerprint density at radius 3 is 2.62 bits per heavy atom. The molecule has 2 unspecified atom stereocenters. The number of nitrogens with one attached hydrogen (secondary N) is 1. The van der Waals surface area contributed by atoms with Gasteiger partial charge in [0.25, 0.3) is 10.2 Å². The molecule has 1 aliphatic carbocycles. The van der Waals surface area contributed by atoms with Crippen LogP contribution >= 0.6 is 0 Å². The maximum absolute atomic E-state index is 12.8. The maximum atomic E-state index is 12.8. The molecular weight excluding hydrogens is 354 g/mol. The molecule has 0 amide bonds. The molecule has 2 atom stereocenters. The van der Waals surface area contributed by atoms with Gasteiger partial charge in [-0.15, -0.1) is 0 Å². The van der Waals surface area contributed by atoms with Crippen molar-refractivity contribution < 1.29 is 12.9 Å². The van der Waals surface area contributed by atoms with Crippen LogP contribution < -0.4 is 4.72 Å². The first-order valence-corrected chi connectivity index (χ1v) is 10.2. The summed E-state index contributed by atoms with van der Waals surface area (Å²) in [5, 5.41) is 3.96. The molecule has 8 nitrogen and oxygen atoms in total. The van der Waals surface area contributed by atoms with Crippen molar-refractivity contribution in [1.82, 2.24) is 24.2 Å². The Kier molecular flexibility index (Phi) is 5.40. The topological polar surface area (TPSA) is 101 Å². The second kappa shape index (κ2) is 7.42. The summed E-state index contributed by atoms with van der Waals surface area (Å²) in [6.07, 6.45) is 5.44. The number of rotatable bonds is 8. The first-order chi connectivity index (χ1) is 12.3. The molecule has 0 aliphatic heterocycles. The first-order valence-electron chi connectivity index (χ1n) is 8.79. The Balaban J connectivity index is 1.80. The van der Waals surface area contributed by atoms with E-state index in [2.05, 4.69) is 19.8 Å². The minimum atomic E-state index is -3.67. The Bertz CT molecular complexity index is 833. The molecule has 0 radical (unpaired) electrons. The summed E-state index contributed by atoms with van der Waals surface area (Å²) in [6.45, 7) is 5.76. The SMILES string of the molecule is CC(C)C(NS(=O)(=O)N(C)C(C)C1CC1)c1nc(-c2cccnc2)no1. The summed E-state index contributed by atoms with van der Waals surface area (Å²) in [5.41, 5.74) is 0.715. The van der Waals surface area contributed by atoms with Gasteiger partial charge in [0.15, 0.2) is 0 Å². The molecule has 1 saturated carbocycles. The third-order valence-corrected chi connectivity index (χ3v) is 6.47. The van der Waals surface area contributed by atoms with Crippen LogP contribution in [0, 0.1) is 11.8 Å². The van der Waals surface area contributed by atoms with E-state index in [1.165, 1.54) is 4.31 Å². The summed E-state index contributed by atoms with van der Waals surface area (Å²) in [7, 11) is -2.06. The minimum absolute atomic E-state index is 0.0334. The standard InChI is InChI=1S/C17H25N5O3S/c1-11(2)15(21-26(23,24)22(4)12(3)13-7-8-13)17-19-16(20-25-17)14-6-5-9-18-10-14/h5-6,9-13,15,21H,7-8H2,1-4H3. The maximum Gasteiger partial charge on any atom is 0.280 e. The van der Waals surface area contributed by atoms with E-state index in [1.807, 2.05) is 26.8 Å². The minimum Gasteiger partial charge on any atom is -0.337 e. The molecule has 0 saturated heterocycles. The lowest BCUT2D eigenvalue weighted by Crippen LogP contribution is -2.46. The molecular formula is C17H25N5O3S. The molecule has 3 rings (SSSR count). The summed E-state index contributed by atoms with van der Waals surface area (Å²) in [5.74, 6) is 1.01. The van der Waals surface area contributed by atoms with E-state index in [4.69, 9.17) is 4.52 Å². The highest BCUT2D eigenvalue weighted by molar-refractivity contribution is 7.87. The summed E-state index contributed by atoms with van der Waals surface area (Å²) in [6, 6.07) is 2.96. The second-order valence-electron chi connectivity index (χ2n) is 7.14. The number of hydrogen-bond donors (Lipinski definition) is 1. The van der Waals surface area contributed by atoms with Crippen molar-refractivity contribution in [2.45, 2.75) is 45.7 Å². The van der Waals surface area contributed by atoms with E-state index >= 15 is 0 Å². The summed E-state index contributed by atoms with van der Waals surface area (Å²) < 4.78 is 35.0. The zero-order valence-electron chi connectivity index (χ0n) is 15.5. The van der Waals surface area contributed by atoms with Crippen LogP contribution in [0.25, 0.3) is 11.4 Å². The second-order valence-corrected chi connectivity index (χ2v) is 8.90. The largest absolute Gasteiger partial charge is 0.337 e. The molecule has 2 aromatic heterocycles. The van der Waals surface area contributed by atoms with E-state index in [9.17, 15) is 8.42 Å². The van der Waals surface area contributed by atoms with E-state index < -0.39 is 16.3 Å². The van der Waals surface area contributed by atoms with Gasteiger partial charge in [-0.3, -0.25) is 4.98 Å². The monoisotopic (exact) mass is 379 g/mol. The van der Waals surface area contributed by atoms with E-state index in [0.29, 0.717) is 17.3 Å². The lowest BCUT2D eigenvalue weighted by Gasteiger charge is -2.27. The van der Waals surface area contributed by atoms with Gasteiger partial charge in [0.2, 0.25) is 11.7 Å². The van der Waals surface area contributed by atoms with Crippen LogP contribution in [0.5, 0.6) is 0 Å². The van der Waals surface area contributed by atoms with Gasteiger partial charge in [0.05, 0.1) is 0 Å². The van der Waals surface area contributed by atoms with Crippen LogP contribution in [0.1, 0.15) is 45.5 Å². The fourth-order valence-corrected chi connectivity index (χ4v) is 4.25. The number of aromatic nitrogens is 3. The summed E-state index contributed by atoms with van der Waals surface area (Å²) >= 11 is 0. The highest BCUT2D eigenvalue weighted by Gasteiger charge is 2.37. The fraction of sp³-hybridized carbons (Fsp3) is 0.588. The van der Waals surface area contributed by atoms with Gasteiger partial charge >= 0.3 is 0 Å². The van der Waals surface area contributed by atoms with Crippen molar-refractivity contribution in [3.63, 3.8) is 0 Å². The molecule has 2 aromatic rings. The molecule has 26 heavy (non-hydrogen) atoms. The van der Waals surface area contributed by atoms with Crippen molar-refractivity contribution in [2.24, 2.45) is 11.8 Å². The van der Waals surface area contributed by atoms with Crippen molar-refractivity contribution in [3.8, 4) is 11.4 Å². The number of pyridine rings is 1. The smallest absolute Gasteiger partial charge is 0.280 e. The zero-order valence-corrected chi connectivity index (χ0v) is 16.3. The Morgan fingerprint density at radius 2 is 2.04 bits per heavy atom. The molecule has 1 fully saturated rings. The van der Waals surface area contributed by atoms with Crippen molar-refractivity contribution in [1.29, 1.82) is 0 Å². The molecule has 9 heteroatoms. The predicted octanol–water partition coefficient (Wildman–Crippen LogP) is 2.39. The third kappa shape index (κ3) is 4.11. The van der Waals surface area contributed by atoms with Gasteiger partial charge < -0.3 is 4.52 Å². The van der Waals surface area contributed by atoms with Crippen LogP contribution in [0.3, 0.4) is 0 Å². The van der Waals surface area contributed by atoms with E-state index in [1.54, 1.807) is 25.5 Å². The average Bonchev–Trinajstić information content (AvgIpc) is 3.36. The molecule has 1 aliphatic rings. The summed E-state index contributed by atoms with van der Waals surface area (Å²) in [4.78, 5) is 8.41. The Labute approximate surface area is 154 Å². The molecule has 0 bridgehead atoms. The van der Waals surface area contributed by atoms with Crippen LogP contribution in [-0.4, -0.2) is 40.9 Å². The number of nitrogens with zero attached hydrogens (tertiary/aromatic N) is 4. The van der Waals surface area contributed by atoms with Gasteiger partial charge in [0.1, 0.15) is 6.04 Å². The lowest BCUT2D eigenvalue weighted by molar-refractivity contribution is 0.298. The van der Waals surface area contributed by atoms with Crippen molar-refractivity contribution in [2.75, 3.05) is 7.05 Å². The quantitative estimate of drug-likeness (QED) is 0.756. The van der Waals surface area contributed by atoms with Gasteiger partial charge in [-0.05, 0) is 43.7 Å². The fourth-order valence-electron chi connectivity index (χ4n) is 2.78. The van der Waals surface area contributed by atoms with Gasteiger partial charge in [-0.25, -0.2) is 0 Å². The molecule has 142 valence electrons. The van der Waals surface area contributed by atoms with Crippen molar-refractivity contribution >= 4 is 10.2 Å². The van der Waals surface area contributed by atoms with Crippen LogP contribution in [0.2, 0.25) is 0 Å². The molecule has 1 N–H and O–H groups in total. The first kappa shape index (κ1) is 18.9. The van der Waals surface area contributed by atoms with Gasteiger partial charge in [-0.1, -0.05) is 19.0 Å². The average molecular weight is 379 g/mol. The lowest BCUT2D eigenvalue weighted by atomic mass is 10.1. The Hall–Kier alpha value is -1.84. The van der Waals surface area contributed by atoms with Crippen LogP contribution in [0.4, 0.5) is 0 Å². The van der Waals surface area contributed by atoms with Crippen molar-refractivity contribution in [3.05, 3.63) is 30.4 Å². The van der Waals surface area contributed by atoms with Gasteiger partial charge in [-0.2, -0.15) is 22.4 Å². The molecule has 2 heterocycles. The van der Waals surface area contributed by atoms with E-state index in [0.717, 1.165) is 12.8 Å². The van der Waals surface area contributed by atoms with Crippen LogP contribution in [0.15, 0.2) is 29.0 Å². The normalized spacial score (nSPS) is 17.6.